The second kappa shape index (κ2) is 4.97. The highest BCUT2D eigenvalue weighted by molar-refractivity contribution is 7.22. The van der Waals surface area contributed by atoms with Crippen molar-refractivity contribution < 1.29 is 0 Å². The van der Waals surface area contributed by atoms with Crippen LogP contribution in [0.4, 0.5) is 5.13 Å². The van der Waals surface area contributed by atoms with Gasteiger partial charge in [0.2, 0.25) is 0 Å². The quantitative estimate of drug-likeness (QED) is 0.783. The van der Waals surface area contributed by atoms with E-state index in [0.29, 0.717) is 6.54 Å². The van der Waals surface area contributed by atoms with E-state index in [0.717, 1.165) is 16.3 Å². The summed E-state index contributed by atoms with van der Waals surface area (Å²) in [6, 6.07) is 10.3. The third-order valence-corrected chi connectivity index (χ3v) is 4.13. The minimum Gasteiger partial charge on any atom is -0.356 e. The zero-order chi connectivity index (χ0) is 13.2. The molecule has 0 saturated heterocycles. The van der Waals surface area contributed by atoms with Crippen molar-refractivity contribution in [1.29, 1.82) is 0 Å². The van der Waals surface area contributed by atoms with Crippen LogP contribution in [0.3, 0.4) is 0 Å². The molecule has 0 aliphatic rings. The molecule has 0 radical (unpaired) electrons. The van der Waals surface area contributed by atoms with Crippen molar-refractivity contribution in [2.75, 3.05) is 5.32 Å². The highest BCUT2D eigenvalue weighted by Crippen LogP contribution is 2.29. The summed E-state index contributed by atoms with van der Waals surface area (Å²) in [6.07, 6.45) is 1.81. The van der Waals surface area contributed by atoms with Crippen molar-refractivity contribution in [1.82, 2.24) is 9.97 Å². The van der Waals surface area contributed by atoms with E-state index < -0.39 is 0 Å². The average Bonchev–Trinajstić information content (AvgIpc) is 2.81. The molecule has 2 heterocycles. The number of hydrogen-bond acceptors (Lipinski definition) is 4. The molecule has 96 valence electrons. The molecule has 0 amide bonds. The molecule has 0 saturated carbocycles. The summed E-state index contributed by atoms with van der Waals surface area (Å²) in [7, 11) is 0. The highest BCUT2D eigenvalue weighted by atomic mass is 32.1. The van der Waals surface area contributed by atoms with Crippen LogP contribution in [-0.4, -0.2) is 9.97 Å². The molecule has 0 atom stereocenters. The first-order chi connectivity index (χ1) is 9.22. The van der Waals surface area contributed by atoms with Crippen LogP contribution >= 0.6 is 11.3 Å². The number of aryl methyl sites for hydroxylation is 2. The summed E-state index contributed by atoms with van der Waals surface area (Å²) in [4.78, 5) is 8.92. The van der Waals surface area contributed by atoms with Gasteiger partial charge in [-0.3, -0.25) is 4.98 Å². The maximum absolute atomic E-state index is 4.63. The number of nitrogens with one attached hydrogen (secondary N) is 1. The zero-order valence-corrected chi connectivity index (χ0v) is 11.8. The van der Waals surface area contributed by atoms with Gasteiger partial charge in [-0.05, 0) is 43.2 Å². The lowest BCUT2D eigenvalue weighted by molar-refractivity contribution is 1.04. The number of rotatable bonds is 3. The summed E-state index contributed by atoms with van der Waals surface area (Å²) in [5, 5.41) is 4.30. The topological polar surface area (TPSA) is 37.8 Å². The lowest BCUT2D eigenvalue weighted by Gasteiger charge is -2.00. The van der Waals surface area contributed by atoms with E-state index in [1.54, 1.807) is 11.3 Å². The summed E-state index contributed by atoms with van der Waals surface area (Å²) < 4.78 is 1.26. The second-order valence-electron chi connectivity index (χ2n) is 4.62. The van der Waals surface area contributed by atoms with Crippen LogP contribution in [0.1, 0.15) is 16.8 Å². The van der Waals surface area contributed by atoms with Crippen LogP contribution < -0.4 is 5.32 Å². The third kappa shape index (κ3) is 2.58. The Morgan fingerprint density at radius 1 is 1.21 bits per heavy atom. The normalized spacial score (nSPS) is 10.8. The first-order valence-corrected chi connectivity index (χ1v) is 7.05. The van der Waals surface area contributed by atoms with Crippen LogP contribution in [-0.2, 0) is 6.54 Å². The van der Waals surface area contributed by atoms with Crippen LogP contribution in [0.5, 0.6) is 0 Å². The Kier molecular flexibility index (Phi) is 3.17. The van der Waals surface area contributed by atoms with Crippen LogP contribution in [0, 0.1) is 13.8 Å². The van der Waals surface area contributed by atoms with Crippen LogP contribution in [0.25, 0.3) is 10.2 Å². The predicted octanol–water partition coefficient (Wildman–Crippen LogP) is 3.92. The number of fused-ring (bicyclic) bond motifs is 1. The van der Waals surface area contributed by atoms with Gasteiger partial charge in [-0.2, -0.15) is 0 Å². The first-order valence-electron chi connectivity index (χ1n) is 6.24. The number of benzene rings is 1. The molecule has 3 nitrogen and oxygen atoms in total. The average molecular weight is 269 g/mol. The van der Waals surface area contributed by atoms with Gasteiger partial charge in [0.15, 0.2) is 5.13 Å². The molecule has 0 fully saturated rings. The van der Waals surface area contributed by atoms with E-state index in [1.807, 2.05) is 24.4 Å². The SMILES string of the molecule is Cc1cc(C)c2sc(NCc3ccccn3)nc2c1. The molecule has 1 aromatic carbocycles. The molecule has 0 spiro atoms. The standard InChI is InChI=1S/C15H15N3S/c1-10-7-11(2)14-13(8-10)18-15(19-14)17-9-12-5-3-4-6-16-12/h3-8H,9H2,1-2H3,(H,17,18). The van der Waals surface area contributed by atoms with Crippen molar-refractivity contribution in [3.63, 3.8) is 0 Å². The maximum atomic E-state index is 4.63. The van der Waals surface area contributed by atoms with E-state index in [4.69, 9.17) is 0 Å². The van der Waals surface area contributed by atoms with Gasteiger partial charge in [0.1, 0.15) is 0 Å². The monoisotopic (exact) mass is 269 g/mol. The second-order valence-corrected chi connectivity index (χ2v) is 5.62. The molecule has 4 heteroatoms. The third-order valence-electron chi connectivity index (χ3n) is 2.97. The van der Waals surface area contributed by atoms with Gasteiger partial charge in [-0.25, -0.2) is 4.98 Å². The molecule has 19 heavy (non-hydrogen) atoms. The largest absolute Gasteiger partial charge is 0.356 e. The summed E-state index contributed by atoms with van der Waals surface area (Å²) in [5.74, 6) is 0. The fourth-order valence-corrected chi connectivity index (χ4v) is 3.03. The predicted molar refractivity (Wildman–Crippen MR) is 80.7 cm³/mol. The van der Waals surface area contributed by atoms with Gasteiger partial charge < -0.3 is 5.32 Å². The van der Waals surface area contributed by atoms with Crippen LogP contribution in [0.2, 0.25) is 0 Å². The van der Waals surface area contributed by atoms with Gasteiger partial charge in [-0.1, -0.05) is 23.5 Å². The highest BCUT2D eigenvalue weighted by Gasteiger charge is 2.06. The number of thiazole rings is 1. The molecule has 0 bridgehead atoms. The number of nitrogens with zero attached hydrogens (tertiary/aromatic N) is 2. The van der Waals surface area contributed by atoms with Crippen molar-refractivity contribution in [3.05, 3.63) is 53.3 Å². The Bertz CT molecular complexity index is 704. The van der Waals surface area contributed by atoms with E-state index in [9.17, 15) is 0 Å². The maximum Gasteiger partial charge on any atom is 0.184 e. The Morgan fingerprint density at radius 3 is 2.89 bits per heavy atom. The van der Waals surface area contributed by atoms with E-state index in [-0.39, 0.29) is 0 Å². The molecule has 0 unspecified atom stereocenters. The molecule has 0 aliphatic carbocycles. The Labute approximate surface area is 116 Å². The van der Waals surface area contributed by atoms with Crippen molar-refractivity contribution in [3.8, 4) is 0 Å². The summed E-state index contributed by atoms with van der Waals surface area (Å²) in [6.45, 7) is 4.95. The number of aromatic nitrogens is 2. The lowest BCUT2D eigenvalue weighted by Crippen LogP contribution is -2.00. The van der Waals surface area contributed by atoms with Crippen LogP contribution in [0.15, 0.2) is 36.5 Å². The fraction of sp³-hybridized carbons (Fsp3) is 0.200. The summed E-state index contributed by atoms with van der Waals surface area (Å²) >= 11 is 1.70. The number of pyridine rings is 1. The Balaban J connectivity index is 1.84. The zero-order valence-electron chi connectivity index (χ0n) is 11.0. The van der Waals surface area contributed by atoms with Gasteiger partial charge in [0.05, 0.1) is 22.5 Å². The minimum atomic E-state index is 0.707. The smallest absolute Gasteiger partial charge is 0.184 e. The summed E-state index contributed by atoms with van der Waals surface area (Å²) in [5.41, 5.74) is 4.64. The van der Waals surface area contributed by atoms with E-state index in [2.05, 4.69) is 41.3 Å². The van der Waals surface area contributed by atoms with E-state index in [1.165, 1.54) is 15.8 Å². The first kappa shape index (κ1) is 12.1. The van der Waals surface area contributed by atoms with Crippen molar-refractivity contribution >= 4 is 26.7 Å². The van der Waals surface area contributed by atoms with Gasteiger partial charge in [0.25, 0.3) is 0 Å². The molecule has 3 aromatic rings. The molecule has 1 N–H and O–H groups in total. The van der Waals surface area contributed by atoms with Crippen molar-refractivity contribution in [2.45, 2.75) is 20.4 Å². The minimum absolute atomic E-state index is 0.707. The lowest BCUT2D eigenvalue weighted by atomic mass is 10.1. The van der Waals surface area contributed by atoms with Crippen molar-refractivity contribution in [2.24, 2.45) is 0 Å². The van der Waals surface area contributed by atoms with Gasteiger partial charge in [-0.15, -0.1) is 0 Å². The molecular formula is C15H15N3S. The van der Waals surface area contributed by atoms with Gasteiger partial charge >= 0.3 is 0 Å². The molecule has 2 aromatic heterocycles. The number of anilines is 1. The van der Waals surface area contributed by atoms with E-state index >= 15 is 0 Å². The molecule has 3 rings (SSSR count). The molecule has 0 aliphatic heterocycles. The Hall–Kier alpha value is -1.94. The molecular weight excluding hydrogens is 254 g/mol. The fourth-order valence-electron chi connectivity index (χ4n) is 2.12. The number of hydrogen-bond donors (Lipinski definition) is 1. The Morgan fingerprint density at radius 2 is 2.11 bits per heavy atom. The van der Waals surface area contributed by atoms with Gasteiger partial charge in [0, 0.05) is 6.20 Å².